The molecule has 124 valence electrons. The summed E-state index contributed by atoms with van der Waals surface area (Å²) in [5.74, 6) is -1.95. The monoisotopic (exact) mass is 344 g/mol. The average molecular weight is 344 g/mol. The minimum Gasteiger partial charge on any atom is -0.329 e. The van der Waals surface area contributed by atoms with Crippen LogP contribution >= 0.6 is 11.3 Å². The van der Waals surface area contributed by atoms with Gasteiger partial charge < -0.3 is 4.84 Å². The molecule has 3 rings (SSSR count). The van der Waals surface area contributed by atoms with Crippen LogP contribution in [-0.4, -0.2) is 27.8 Å². The molecule has 24 heavy (non-hydrogen) atoms. The predicted octanol–water partition coefficient (Wildman–Crippen LogP) is 2.74. The standard InChI is InChI=1S/C17H16N2O4S/c1-17(2,3)16-18-10(9-24-16)8-13(20)23-19-14(21)11-6-4-5-7-12(11)15(19)22/h4-7,9H,8H2,1-3H3. The highest BCUT2D eigenvalue weighted by Gasteiger charge is 2.38. The van der Waals surface area contributed by atoms with Crippen molar-refractivity contribution in [3.8, 4) is 0 Å². The molecule has 0 spiro atoms. The topological polar surface area (TPSA) is 76.6 Å². The Kier molecular flexibility index (Phi) is 3.96. The summed E-state index contributed by atoms with van der Waals surface area (Å²) in [5.41, 5.74) is 0.930. The summed E-state index contributed by atoms with van der Waals surface area (Å²) in [6.07, 6.45) is -0.0972. The Labute approximate surface area is 143 Å². The molecule has 2 aromatic rings. The van der Waals surface area contributed by atoms with Crippen LogP contribution in [0.3, 0.4) is 0 Å². The molecular formula is C17H16N2O4S. The lowest BCUT2D eigenvalue weighted by Gasteiger charge is -2.14. The minimum atomic E-state index is -0.699. The first-order valence-corrected chi connectivity index (χ1v) is 8.29. The molecule has 2 heterocycles. The third kappa shape index (κ3) is 2.94. The van der Waals surface area contributed by atoms with E-state index in [2.05, 4.69) is 4.98 Å². The van der Waals surface area contributed by atoms with Crippen LogP contribution in [0, 0.1) is 0 Å². The molecule has 1 aromatic heterocycles. The molecule has 2 amide bonds. The molecule has 7 heteroatoms. The molecule has 0 saturated heterocycles. The number of rotatable bonds is 3. The molecule has 1 aliphatic heterocycles. The van der Waals surface area contributed by atoms with Crippen LogP contribution < -0.4 is 0 Å². The second-order valence-electron chi connectivity index (χ2n) is 6.48. The quantitative estimate of drug-likeness (QED) is 0.800. The highest BCUT2D eigenvalue weighted by atomic mass is 32.1. The number of thiazole rings is 1. The first kappa shape index (κ1) is 16.3. The smallest absolute Gasteiger partial charge is 0.329 e. The van der Waals surface area contributed by atoms with Crippen LogP contribution in [0.5, 0.6) is 0 Å². The van der Waals surface area contributed by atoms with Gasteiger partial charge in [0, 0.05) is 10.8 Å². The van der Waals surface area contributed by atoms with Gasteiger partial charge in [-0.25, -0.2) is 9.78 Å². The van der Waals surface area contributed by atoms with Crippen molar-refractivity contribution in [2.45, 2.75) is 32.6 Å². The fourth-order valence-electron chi connectivity index (χ4n) is 2.26. The van der Waals surface area contributed by atoms with Crippen LogP contribution in [0.15, 0.2) is 29.6 Å². The Morgan fingerprint density at radius 2 is 1.75 bits per heavy atom. The molecule has 0 N–H and O–H groups in total. The third-order valence-corrected chi connectivity index (χ3v) is 4.79. The van der Waals surface area contributed by atoms with E-state index >= 15 is 0 Å². The van der Waals surface area contributed by atoms with Crippen molar-refractivity contribution in [1.82, 2.24) is 10.0 Å². The molecule has 0 aliphatic carbocycles. The van der Waals surface area contributed by atoms with Gasteiger partial charge in [0.15, 0.2) is 0 Å². The zero-order valence-corrected chi connectivity index (χ0v) is 14.3. The maximum atomic E-state index is 12.1. The molecule has 0 saturated carbocycles. The van der Waals surface area contributed by atoms with E-state index in [1.807, 2.05) is 20.8 Å². The van der Waals surface area contributed by atoms with Crippen LogP contribution in [0.4, 0.5) is 0 Å². The molecule has 0 fully saturated rings. The van der Waals surface area contributed by atoms with Gasteiger partial charge in [0.1, 0.15) is 0 Å². The Balaban J connectivity index is 1.69. The maximum Gasteiger partial charge on any atom is 0.339 e. The van der Waals surface area contributed by atoms with Crippen molar-refractivity contribution in [2.75, 3.05) is 0 Å². The lowest BCUT2D eigenvalue weighted by Crippen LogP contribution is -2.33. The van der Waals surface area contributed by atoms with Gasteiger partial charge in [-0.1, -0.05) is 38.0 Å². The van der Waals surface area contributed by atoms with E-state index in [0.717, 1.165) is 5.01 Å². The molecule has 0 atom stereocenters. The zero-order chi connectivity index (χ0) is 17.5. The number of imide groups is 1. The van der Waals surface area contributed by atoms with E-state index in [1.165, 1.54) is 23.5 Å². The van der Waals surface area contributed by atoms with E-state index in [0.29, 0.717) is 10.8 Å². The van der Waals surface area contributed by atoms with E-state index in [9.17, 15) is 14.4 Å². The zero-order valence-electron chi connectivity index (χ0n) is 13.5. The lowest BCUT2D eigenvalue weighted by molar-refractivity contribution is -0.167. The normalized spacial score (nSPS) is 14.0. The first-order chi connectivity index (χ1) is 11.3. The van der Waals surface area contributed by atoms with E-state index in [4.69, 9.17) is 4.84 Å². The second-order valence-corrected chi connectivity index (χ2v) is 7.34. The summed E-state index contributed by atoms with van der Waals surface area (Å²) in [4.78, 5) is 45.7. The molecule has 6 nitrogen and oxygen atoms in total. The Bertz CT molecular complexity index is 800. The molecule has 0 radical (unpaired) electrons. The number of hydrogen-bond acceptors (Lipinski definition) is 6. The number of nitrogens with zero attached hydrogens (tertiary/aromatic N) is 2. The summed E-state index contributed by atoms with van der Waals surface area (Å²) >= 11 is 1.47. The number of hydroxylamine groups is 2. The highest BCUT2D eigenvalue weighted by molar-refractivity contribution is 7.09. The predicted molar refractivity (Wildman–Crippen MR) is 87.6 cm³/mol. The largest absolute Gasteiger partial charge is 0.339 e. The van der Waals surface area contributed by atoms with Gasteiger partial charge in [0.2, 0.25) is 0 Å². The van der Waals surface area contributed by atoms with Crippen LogP contribution in [0.1, 0.15) is 52.2 Å². The van der Waals surface area contributed by atoms with Crippen molar-refractivity contribution in [3.05, 3.63) is 51.5 Å². The van der Waals surface area contributed by atoms with Crippen molar-refractivity contribution in [1.29, 1.82) is 0 Å². The van der Waals surface area contributed by atoms with Gasteiger partial charge in [-0.05, 0) is 12.1 Å². The number of fused-ring (bicyclic) bond motifs is 1. The molecule has 0 bridgehead atoms. The van der Waals surface area contributed by atoms with Crippen molar-refractivity contribution in [2.24, 2.45) is 0 Å². The van der Waals surface area contributed by atoms with Gasteiger partial charge in [-0.2, -0.15) is 0 Å². The third-order valence-electron chi connectivity index (χ3n) is 3.47. The number of aromatic nitrogens is 1. The fraction of sp³-hybridized carbons (Fsp3) is 0.294. The first-order valence-electron chi connectivity index (χ1n) is 7.41. The van der Waals surface area contributed by atoms with Crippen molar-refractivity contribution >= 4 is 29.1 Å². The molecule has 0 unspecified atom stereocenters. The SMILES string of the molecule is CC(C)(C)c1nc(CC(=O)ON2C(=O)c3ccccc3C2=O)cs1. The number of amides is 2. The summed E-state index contributed by atoms with van der Waals surface area (Å²) in [5, 5.41) is 3.21. The number of carbonyl (C=O) groups excluding carboxylic acids is 3. The van der Waals surface area contributed by atoms with E-state index in [-0.39, 0.29) is 23.0 Å². The van der Waals surface area contributed by atoms with Crippen LogP contribution in [0.2, 0.25) is 0 Å². The molecule has 1 aromatic carbocycles. The Hall–Kier alpha value is -2.54. The van der Waals surface area contributed by atoms with E-state index < -0.39 is 17.8 Å². The number of benzene rings is 1. The van der Waals surface area contributed by atoms with Crippen molar-refractivity contribution < 1.29 is 19.2 Å². The van der Waals surface area contributed by atoms with Gasteiger partial charge in [-0.3, -0.25) is 9.59 Å². The maximum absolute atomic E-state index is 12.1. The summed E-state index contributed by atoms with van der Waals surface area (Å²) in [6, 6.07) is 6.36. The average Bonchev–Trinajstić information content (AvgIpc) is 3.07. The Morgan fingerprint density at radius 3 is 2.25 bits per heavy atom. The van der Waals surface area contributed by atoms with Crippen LogP contribution in [-0.2, 0) is 21.5 Å². The summed E-state index contributed by atoms with van der Waals surface area (Å²) in [7, 11) is 0. The Morgan fingerprint density at radius 1 is 1.17 bits per heavy atom. The summed E-state index contributed by atoms with van der Waals surface area (Å²) in [6.45, 7) is 6.10. The molecule has 1 aliphatic rings. The van der Waals surface area contributed by atoms with Gasteiger partial charge in [0.05, 0.1) is 28.2 Å². The van der Waals surface area contributed by atoms with Gasteiger partial charge in [-0.15, -0.1) is 11.3 Å². The lowest BCUT2D eigenvalue weighted by atomic mass is 9.98. The van der Waals surface area contributed by atoms with E-state index in [1.54, 1.807) is 17.5 Å². The van der Waals surface area contributed by atoms with Gasteiger partial charge in [0.25, 0.3) is 11.8 Å². The van der Waals surface area contributed by atoms with Gasteiger partial charge >= 0.3 is 5.97 Å². The number of carbonyl (C=O) groups is 3. The molecular weight excluding hydrogens is 328 g/mol. The fourth-order valence-corrected chi connectivity index (χ4v) is 3.17. The second kappa shape index (κ2) is 5.83. The number of hydrogen-bond donors (Lipinski definition) is 0. The summed E-state index contributed by atoms with van der Waals surface area (Å²) < 4.78 is 0. The van der Waals surface area contributed by atoms with Crippen molar-refractivity contribution in [3.63, 3.8) is 0 Å². The highest BCUT2D eigenvalue weighted by Crippen LogP contribution is 2.26. The van der Waals surface area contributed by atoms with Crippen LogP contribution in [0.25, 0.3) is 0 Å². The minimum absolute atomic E-state index is 0.0972.